The van der Waals surface area contributed by atoms with Gasteiger partial charge in [0.2, 0.25) is 0 Å². The number of nitrogens with one attached hydrogen (secondary N) is 1. The zero-order chi connectivity index (χ0) is 11.7. The number of rotatable bonds is 2. The second kappa shape index (κ2) is 4.33. The van der Waals surface area contributed by atoms with E-state index in [-0.39, 0.29) is 0 Å². The number of aromatic nitrogens is 3. The second-order valence-corrected chi connectivity index (χ2v) is 4.68. The highest BCUT2D eigenvalue weighted by Crippen LogP contribution is 2.13. The first-order valence-corrected chi connectivity index (χ1v) is 6.14. The lowest BCUT2D eigenvalue weighted by atomic mass is 10.0. The van der Waals surface area contributed by atoms with Gasteiger partial charge in [0.25, 0.3) is 0 Å². The van der Waals surface area contributed by atoms with Crippen LogP contribution in [0.4, 0.5) is 5.69 Å². The van der Waals surface area contributed by atoms with Crippen molar-refractivity contribution in [3.8, 4) is 0 Å². The fraction of sp³-hybridized carbons (Fsp3) is 0.500. The zero-order valence-electron chi connectivity index (χ0n) is 9.76. The molecule has 5 nitrogen and oxygen atoms in total. The van der Waals surface area contributed by atoms with Gasteiger partial charge in [-0.25, -0.2) is 9.50 Å². The highest BCUT2D eigenvalue weighted by atomic mass is 15.2. The number of hydrogen-bond acceptors (Lipinski definition) is 4. The Kier molecular flexibility index (Phi) is 2.68. The van der Waals surface area contributed by atoms with Gasteiger partial charge >= 0.3 is 0 Å². The first kappa shape index (κ1) is 10.5. The van der Waals surface area contributed by atoms with Crippen LogP contribution < -0.4 is 11.1 Å². The van der Waals surface area contributed by atoms with Gasteiger partial charge in [-0.05, 0) is 19.4 Å². The number of hydrogen-bond donors (Lipinski definition) is 2. The minimum atomic E-state index is 0.561. The van der Waals surface area contributed by atoms with Crippen molar-refractivity contribution in [2.75, 3.05) is 12.3 Å². The summed E-state index contributed by atoms with van der Waals surface area (Å²) in [4.78, 5) is 4.25. The van der Waals surface area contributed by atoms with Gasteiger partial charge in [0.05, 0.1) is 23.8 Å². The van der Waals surface area contributed by atoms with E-state index in [2.05, 4.69) is 15.4 Å². The van der Waals surface area contributed by atoms with Crippen molar-refractivity contribution in [3.63, 3.8) is 0 Å². The molecule has 1 aliphatic rings. The first-order valence-electron chi connectivity index (χ1n) is 6.14. The van der Waals surface area contributed by atoms with Crippen LogP contribution in [0.2, 0.25) is 0 Å². The fourth-order valence-electron chi connectivity index (χ4n) is 2.39. The van der Waals surface area contributed by atoms with Gasteiger partial charge in [-0.15, -0.1) is 0 Å². The van der Waals surface area contributed by atoms with Crippen molar-refractivity contribution in [1.29, 1.82) is 0 Å². The van der Waals surface area contributed by atoms with Crippen molar-refractivity contribution in [2.24, 2.45) is 0 Å². The van der Waals surface area contributed by atoms with Crippen LogP contribution in [0.3, 0.4) is 0 Å². The Hall–Kier alpha value is -1.62. The van der Waals surface area contributed by atoms with Crippen LogP contribution in [0.5, 0.6) is 0 Å². The Morgan fingerprint density at radius 1 is 1.47 bits per heavy atom. The molecule has 0 amide bonds. The predicted molar refractivity (Wildman–Crippen MR) is 66.7 cm³/mol. The van der Waals surface area contributed by atoms with Crippen LogP contribution >= 0.6 is 0 Å². The van der Waals surface area contributed by atoms with Crippen LogP contribution in [0.15, 0.2) is 18.5 Å². The molecule has 0 bridgehead atoms. The molecular formula is C12H17N5. The van der Waals surface area contributed by atoms with Gasteiger partial charge in [0, 0.05) is 18.5 Å². The third-order valence-corrected chi connectivity index (χ3v) is 3.25. The molecule has 0 aliphatic carbocycles. The number of piperidine rings is 1. The Morgan fingerprint density at radius 3 is 3.24 bits per heavy atom. The van der Waals surface area contributed by atoms with Crippen molar-refractivity contribution in [3.05, 3.63) is 24.2 Å². The summed E-state index contributed by atoms with van der Waals surface area (Å²) < 4.78 is 1.76. The van der Waals surface area contributed by atoms with Crippen molar-refractivity contribution >= 4 is 11.3 Å². The maximum Gasteiger partial charge on any atom is 0.155 e. The zero-order valence-corrected chi connectivity index (χ0v) is 9.76. The highest BCUT2D eigenvalue weighted by Gasteiger charge is 2.14. The van der Waals surface area contributed by atoms with E-state index in [1.54, 1.807) is 16.9 Å². The molecule has 0 radical (unpaired) electrons. The number of nitrogen functional groups attached to an aromatic ring is 1. The molecule has 1 atom stereocenters. The average molecular weight is 231 g/mol. The van der Waals surface area contributed by atoms with Gasteiger partial charge < -0.3 is 11.1 Å². The summed E-state index contributed by atoms with van der Waals surface area (Å²) in [6.45, 7) is 1.13. The number of nitrogens with zero attached hydrogens (tertiary/aromatic N) is 3. The van der Waals surface area contributed by atoms with Gasteiger partial charge in [0.1, 0.15) is 0 Å². The monoisotopic (exact) mass is 231 g/mol. The Labute approximate surface area is 100 Å². The highest BCUT2D eigenvalue weighted by molar-refractivity contribution is 5.44. The summed E-state index contributed by atoms with van der Waals surface area (Å²) >= 11 is 0. The third-order valence-electron chi connectivity index (χ3n) is 3.25. The Bertz CT molecular complexity index is 513. The number of anilines is 1. The summed E-state index contributed by atoms with van der Waals surface area (Å²) in [6.07, 6.45) is 8.29. The second-order valence-electron chi connectivity index (χ2n) is 4.68. The maximum absolute atomic E-state index is 5.68. The van der Waals surface area contributed by atoms with Gasteiger partial charge in [-0.1, -0.05) is 6.42 Å². The number of nitrogens with two attached hydrogens (primary N) is 1. The maximum atomic E-state index is 5.68. The van der Waals surface area contributed by atoms with Gasteiger partial charge in [0.15, 0.2) is 5.65 Å². The van der Waals surface area contributed by atoms with E-state index in [0.29, 0.717) is 11.7 Å². The first-order chi connectivity index (χ1) is 8.31. The molecule has 3 N–H and O–H groups in total. The molecule has 90 valence electrons. The molecule has 1 saturated heterocycles. The van der Waals surface area contributed by atoms with Gasteiger partial charge in [-0.2, -0.15) is 5.10 Å². The van der Waals surface area contributed by atoms with E-state index >= 15 is 0 Å². The molecule has 2 aromatic rings. The minimum absolute atomic E-state index is 0.561. The summed E-state index contributed by atoms with van der Waals surface area (Å²) in [7, 11) is 0. The third kappa shape index (κ3) is 2.24. The van der Waals surface area contributed by atoms with Crippen molar-refractivity contribution in [1.82, 2.24) is 19.9 Å². The molecule has 3 rings (SSSR count). The largest absolute Gasteiger partial charge is 0.396 e. The van der Waals surface area contributed by atoms with Crippen LogP contribution in [-0.4, -0.2) is 27.2 Å². The van der Waals surface area contributed by atoms with Crippen LogP contribution in [-0.2, 0) is 6.42 Å². The molecule has 3 heterocycles. The average Bonchev–Trinajstić information content (AvgIpc) is 2.71. The smallest absolute Gasteiger partial charge is 0.155 e. The van der Waals surface area contributed by atoms with Crippen LogP contribution in [0, 0.1) is 0 Å². The summed E-state index contributed by atoms with van der Waals surface area (Å²) in [5, 5.41) is 8.03. The molecule has 1 unspecified atom stereocenters. The molecule has 2 aromatic heterocycles. The lowest BCUT2D eigenvalue weighted by Gasteiger charge is -2.22. The summed E-state index contributed by atoms with van der Waals surface area (Å²) in [5.74, 6) is 0. The number of fused-ring (bicyclic) bond motifs is 1. The lowest BCUT2D eigenvalue weighted by molar-refractivity contribution is 0.396. The van der Waals surface area contributed by atoms with Crippen molar-refractivity contribution in [2.45, 2.75) is 31.7 Å². The fourth-order valence-corrected chi connectivity index (χ4v) is 2.39. The summed E-state index contributed by atoms with van der Waals surface area (Å²) in [5.41, 5.74) is 8.27. The minimum Gasteiger partial charge on any atom is -0.396 e. The van der Waals surface area contributed by atoms with Crippen molar-refractivity contribution < 1.29 is 0 Å². The van der Waals surface area contributed by atoms with E-state index in [1.165, 1.54) is 19.3 Å². The molecule has 0 saturated carbocycles. The topological polar surface area (TPSA) is 68.2 Å². The summed E-state index contributed by atoms with van der Waals surface area (Å²) in [6, 6.07) is 2.60. The molecule has 17 heavy (non-hydrogen) atoms. The Morgan fingerprint density at radius 2 is 2.41 bits per heavy atom. The molecule has 1 fully saturated rings. The van der Waals surface area contributed by atoms with E-state index in [1.807, 2.05) is 6.07 Å². The Balaban J connectivity index is 1.80. The SMILES string of the molecule is Nc1cnc2cc(CC3CCCCN3)nn2c1. The quantitative estimate of drug-likeness (QED) is 0.809. The molecule has 0 spiro atoms. The molecular weight excluding hydrogens is 214 g/mol. The molecule has 1 aliphatic heterocycles. The molecule has 5 heteroatoms. The van der Waals surface area contributed by atoms with E-state index in [9.17, 15) is 0 Å². The predicted octanol–water partition coefficient (Wildman–Crippen LogP) is 0.996. The van der Waals surface area contributed by atoms with E-state index in [4.69, 9.17) is 5.73 Å². The van der Waals surface area contributed by atoms with E-state index < -0.39 is 0 Å². The lowest BCUT2D eigenvalue weighted by Crippen LogP contribution is -2.35. The van der Waals surface area contributed by atoms with Crippen LogP contribution in [0.25, 0.3) is 5.65 Å². The van der Waals surface area contributed by atoms with Gasteiger partial charge in [-0.3, -0.25) is 0 Å². The standard InChI is InChI=1S/C12H17N5/c13-9-7-15-12-6-11(16-17(12)8-9)5-10-3-1-2-4-14-10/h6-8,10,14H,1-5,13H2. The van der Waals surface area contributed by atoms with Crippen LogP contribution in [0.1, 0.15) is 25.0 Å². The van der Waals surface area contributed by atoms with E-state index in [0.717, 1.165) is 24.3 Å². The molecule has 0 aromatic carbocycles. The normalized spacial score (nSPS) is 20.8.